The predicted octanol–water partition coefficient (Wildman–Crippen LogP) is 5.16. The molecule has 0 saturated carbocycles. The molecule has 2 unspecified atom stereocenters. The van der Waals surface area contributed by atoms with Gasteiger partial charge in [-0.2, -0.15) is 18.4 Å². The van der Waals surface area contributed by atoms with Crippen LogP contribution in [-0.2, 0) is 4.74 Å². The molecule has 30 heavy (non-hydrogen) atoms. The van der Waals surface area contributed by atoms with Crippen molar-refractivity contribution in [1.82, 2.24) is 4.90 Å². The first kappa shape index (κ1) is 21.5. The van der Waals surface area contributed by atoms with E-state index < -0.39 is 24.4 Å². The highest BCUT2D eigenvalue weighted by Crippen LogP contribution is 2.34. The zero-order valence-electron chi connectivity index (χ0n) is 16.4. The molecule has 2 aromatic rings. The molecule has 2 aromatic carbocycles. The van der Waals surface area contributed by atoms with Crippen LogP contribution >= 0.6 is 0 Å². The molecule has 0 aromatic heterocycles. The Bertz CT molecular complexity index is 922. The molecule has 1 amide bonds. The highest BCUT2D eigenvalue weighted by atomic mass is 19.4. The normalized spacial score (nSPS) is 19.1. The maximum atomic E-state index is 13.5. The summed E-state index contributed by atoms with van der Waals surface area (Å²) in [5.74, 6) is 0.450. The Kier molecular flexibility index (Phi) is 6.50. The number of piperidine rings is 1. The van der Waals surface area contributed by atoms with Gasteiger partial charge in [0, 0.05) is 19.4 Å². The number of amides is 1. The summed E-state index contributed by atoms with van der Waals surface area (Å²) in [6.45, 7) is 1.48. The molecule has 3 rings (SSSR count). The van der Waals surface area contributed by atoms with Crippen molar-refractivity contribution in [3.63, 3.8) is 0 Å². The van der Waals surface area contributed by atoms with Crippen LogP contribution in [0.25, 0.3) is 11.1 Å². The Hall–Kier alpha value is -3.21. The highest BCUT2D eigenvalue weighted by Gasteiger charge is 2.49. The quantitative estimate of drug-likeness (QED) is 0.688. The van der Waals surface area contributed by atoms with Crippen molar-refractivity contribution in [3.05, 3.63) is 54.1 Å². The highest BCUT2D eigenvalue weighted by molar-refractivity contribution is 5.68. The first-order valence-electron chi connectivity index (χ1n) is 9.59. The van der Waals surface area contributed by atoms with Crippen LogP contribution in [0, 0.1) is 11.3 Å². The van der Waals surface area contributed by atoms with Gasteiger partial charge in [-0.3, -0.25) is 4.90 Å². The first-order chi connectivity index (χ1) is 14.3. The van der Waals surface area contributed by atoms with Crippen molar-refractivity contribution >= 4 is 6.09 Å². The van der Waals surface area contributed by atoms with Gasteiger partial charge in [-0.15, -0.1) is 0 Å². The summed E-state index contributed by atoms with van der Waals surface area (Å²) < 4.78 is 51.0. The van der Waals surface area contributed by atoms with Crippen LogP contribution in [0.15, 0.2) is 48.5 Å². The van der Waals surface area contributed by atoms with Crippen molar-refractivity contribution in [3.8, 4) is 22.9 Å². The summed E-state index contributed by atoms with van der Waals surface area (Å²) in [6.07, 6.45) is -6.27. The molecule has 5 nitrogen and oxygen atoms in total. The number of hydrogen-bond donors (Lipinski definition) is 0. The minimum absolute atomic E-state index is 0.0173. The minimum atomic E-state index is -4.57. The maximum absolute atomic E-state index is 13.5. The fourth-order valence-corrected chi connectivity index (χ4v) is 3.46. The van der Waals surface area contributed by atoms with Crippen LogP contribution in [0.4, 0.5) is 18.0 Å². The number of likely N-dealkylation sites (tertiary alicyclic amines) is 1. The lowest BCUT2D eigenvalue weighted by Crippen LogP contribution is -2.55. The number of benzene rings is 2. The smallest absolute Gasteiger partial charge is 0.410 e. The van der Waals surface area contributed by atoms with Crippen molar-refractivity contribution in [2.75, 3.05) is 13.2 Å². The molecule has 1 heterocycles. The van der Waals surface area contributed by atoms with Crippen molar-refractivity contribution in [1.29, 1.82) is 5.26 Å². The van der Waals surface area contributed by atoms with Crippen LogP contribution in [-0.4, -0.2) is 42.5 Å². The number of ether oxygens (including phenoxy) is 2. The van der Waals surface area contributed by atoms with Crippen LogP contribution in [0.2, 0.25) is 0 Å². The Morgan fingerprint density at radius 3 is 2.57 bits per heavy atom. The Labute approximate surface area is 172 Å². The molecule has 0 radical (unpaired) electrons. The predicted molar refractivity (Wildman–Crippen MR) is 104 cm³/mol. The van der Waals surface area contributed by atoms with Crippen LogP contribution < -0.4 is 4.74 Å². The summed E-state index contributed by atoms with van der Waals surface area (Å²) in [4.78, 5) is 12.6. The van der Waals surface area contributed by atoms with E-state index in [0.717, 1.165) is 16.0 Å². The van der Waals surface area contributed by atoms with Gasteiger partial charge in [0.2, 0.25) is 0 Å². The van der Waals surface area contributed by atoms with Gasteiger partial charge in [0.05, 0.1) is 18.2 Å². The molecular weight excluding hydrogens is 397 g/mol. The van der Waals surface area contributed by atoms with Crippen molar-refractivity contribution < 1.29 is 27.4 Å². The van der Waals surface area contributed by atoms with Crippen molar-refractivity contribution in [2.24, 2.45) is 0 Å². The van der Waals surface area contributed by atoms with E-state index in [9.17, 15) is 18.0 Å². The molecular formula is C22H21F3N2O3. The molecule has 1 saturated heterocycles. The molecule has 1 aliphatic rings. The van der Waals surface area contributed by atoms with E-state index >= 15 is 0 Å². The zero-order valence-corrected chi connectivity index (χ0v) is 16.4. The SMILES string of the molecule is CCOC(=O)N1CCC(Oc2ccc(-c3cccc(C#N)c3)cc2)CC1C(F)(F)F. The average Bonchev–Trinajstić information content (AvgIpc) is 2.74. The minimum Gasteiger partial charge on any atom is -0.490 e. The molecule has 0 aliphatic carbocycles. The van der Waals surface area contributed by atoms with Gasteiger partial charge >= 0.3 is 12.3 Å². The summed E-state index contributed by atoms with van der Waals surface area (Å²) in [7, 11) is 0. The molecule has 2 atom stereocenters. The lowest BCUT2D eigenvalue weighted by atomic mass is 9.99. The third-order valence-corrected chi connectivity index (χ3v) is 4.92. The largest absolute Gasteiger partial charge is 0.490 e. The van der Waals surface area contributed by atoms with Gasteiger partial charge in [-0.05, 0) is 42.3 Å². The Balaban J connectivity index is 1.69. The van der Waals surface area contributed by atoms with Gasteiger partial charge in [0.15, 0.2) is 0 Å². The van der Waals surface area contributed by atoms with E-state index in [0.29, 0.717) is 11.3 Å². The first-order valence-corrected chi connectivity index (χ1v) is 9.59. The number of alkyl halides is 3. The number of halogens is 3. The number of rotatable bonds is 4. The molecule has 1 fully saturated rings. The van der Waals surface area contributed by atoms with Gasteiger partial charge in [0.25, 0.3) is 0 Å². The van der Waals surface area contributed by atoms with E-state index in [2.05, 4.69) is 6.07 Å². The third-order valence-electron chi connectivity index (χ3n) is 4.92. The van der Waals surface area contributed by atoms with Gasteiger partial charge in [-0.25, -0.2) is 4.79 Å². The Morgan fingerprint density at radius 2 is 1.93 bits per heavy atom. The topological polar surface area (TPSA) is 62.6 Å². The fraction of sp³-hybridized carbons (Fsp3) is 0.364. The van der Waals surface area contributed by atoms with E-state index in [4.69, 9.17) is 14.7 Å². The third kappa shape index (κ3) is 5.03. The van der Waals surface area contributed by atoms with E-state index in [1.165, 1.54) is 0 Å². The Morgan fingerprint density at radius 1 is 1.20 bits per heavy atom. The number of hydrogen-bond acceptors (Lipinski definition) is 4. The van der Waals surface area contributed by atoms with Crippen LogP contribution in [0.1, 0.15) is 25.3 Å². The summed E-state index contributed by atoms with van der Waals surface area (Å²) in [5.41, 5.74) is 2.27. The molecule has 158 valence electrons. The molecule has 1 aliphatic heterocycles. The van der Waals surface area contributed by atoms with Gasteiger partial charge in [-0.1, -0.05) is 24.3 Å². The number of carbonyl (C=O) groups is 1. The van der Waals surface area contributed by atoms with E-state index in [1.807, 2.05) is 6.07 Å². The standard InChI is InChI=1S/C22H21F3N2O3/c1-2-29-21(28)27-11-10-19(13-20(27)22(23,24)25)30-18-8-6-16(7-9-18)17-5-3-4-15(12-17)14-26/h3-9,12,19-20H,2,10-11,13H2,1H3. The second kappa shape index (κ2) is 9.08. The second-order valence-corrected chi connectivity index (χ2v) is 6.93. The summed E-state index contributed by atoms with van der Waals surface area (Å²) in [6, 6.07) is 14.2. The van der Waals surface area contributed by atoms with Crippen LogP contribution in [0.5, 0.6) is 5.75 Å². The van der Waals surface area contributed by atoms with Crippen molar-refractivity contribution in [2.45, 2.75) is 38.1 Å². The average molecular weight is 418 g/mol. The van der Waals surface area contributed by atoms with Gasteiger partial charge in [0.1, 0.15) is 17.9 Å². The second-order valence-electron chi connectivity index (χ2n) is 6.93. The fourth-order valence-electron chi connectivity index (χ4n) is 3.46. The number of carbonyl (C=O) groups excluding carboxylic acids is 1. The van der Waals surface area contributed by atoms with E-state index in [1.54, 1.807) is 49.4 Å². The van der Waals surface area contributed by atoms with Crippen LogP contribution in [0.3, 0.4) is 0 Å². The maximum Gasteiger partial charge on any atom is 0.410 e. The molecule has 8 heteroatoms. The zero-order chi connectivity index (χ0) is 21.7. The molecule has 0 spiro atoms. The summed E-state index contributed by atoms with van der Waals surface area (Å²) in [5, 5.41) is 9.01. The van der Waals surface area contributed by atoms with E-state index in [-0.39, 0.29) is 26.0 Å². The lowest BCUT2D eigenvalue weighted by molar-refractivity contribution is -0.192. The monoisotopic (exact) mass is 418 g/mol. The molecule has 0 N–H and O–H groups in total. The van der Waals surface area contributed by atoms with Gasteiger partial charge < -0.3 is 9.47 Å². The molecule has 0 bridgehead atoms. The number of nitriles is 1. The number of nitrogens with zero attached hydrogens (tertiary/aromatic N) is 2. The summed E-state index contributed by atoms with van der Waals surface area (Å²) >= 11 is 0. The lowest BCUT2D eigenvalue weighted by Gasteiger charge is -2.39.